The molecule has 0 atom stereocenters. The van der Waals surface area contributed by atoms with Crippen LogP contribution in [0.4, 0.5) is 0 Å². The van der Waals surface area contributed by atoms with Gasteiger partial charge in [-0.05, 0) is 23.6 Å². The lowest BCUT2D eigenvalue weighted by atomic mass is 10.0. The molecule has 0 bridgehead atoms. The molecule has 68 valence electrons. The molecular weight excluding hydrogens is 182 g/mol. The molecule has 0 fully saturated rings. The van der Waals surface area contributed by atoms with Gasteiger partial charge in [0.2, 0.25) is 0 Å². The number of H-pyrrole nitrogens is 1. The van der Waals surface area contributed by atoms with E-state index in [1.807, 2.05) is 6.07 Å². The highest BCUT2D eigenvalue weighted by molar-refractivity contribution is 7.16. The summed E-state index contributed by atoms with van der Waals surface area (Å²) in [6.07, 6.45) is 0. The van der Waals surface area contributed by atoms with Gasteiger partial charge in [-0.25, -0.2) is 0 Å². The lowest BCUT2D eigenvalue weighted by Crippen LogP contribution is -1.89. The normalized spacial score (nSPS) is 11.3. The van der Waals surface area contributed by atoms with E-state index in [1.165, 1.54) is 16.9 Å². The molecule has 13 heavy (non-hydrogen) atoms. The quantitative estimate of drug-likeness (QED) is 0.742. The van der Waals surface area contributed by atoms with E-state index in [2.05, 4.69) is 31.0 Å². The molecule has 2 nitrogen and oxygen atoms in total. The maximum atomic E-state index is 11.0. The van der Waals surface area contributed by atoms with Gasteiger partial charge in [-0.2, -0.15) is 0 Å². The second kappa shape index (κ2) is 3.00. The van der Waals surface area contributed by atoms with Gasteiger partial charge in [0.05, 0.1) is 10.2 Å². The van der Waals surface area contributed by atoms with E-state index in [9.17, 15) is 4.79 Å². The van der Waals surface area contributed by atoms with Crippen LogP contribution in [0.3, 0.4) is 0 Å². The van der Waals surface area contributed by atoms with Crippen molar-refractivity contribution in [3.05, 3.63) is 33.4 Å². The second-order valence-electron chi connectivity index (χ2n) is 3.42. The number of thiazole rings is 1. The number of nitrogens with one attached hydrogen (secondary N) is 1. The lowest BCUT2D eigenvalue weighted by Gasteiger charge is -2.03. The zero-order chi connectivity index (χ0) is 9.42. The smallest absolute Gasteiger partial charge is 0.305 e. The maximum Gasteiger partial charge on any atom is 0.305 e. The lowest BCUT2D eigenvalue weighted by molar-refractivity contribution is 0.869. The summed E-state index contributed by atoms with van der Waals surface area (Å²) in [5.74, 6) is 0.515. The molecule has 1 N–H and O–H groups in total. The molecular formula is C10H11NOS. The largest absolute Gasteiger partial charge is 0.312 e. The van der Waals surface area contributed by atoms with E-state index < -0.39 is 0 Å². The third kappa shape index (κ3) is 1.52. The van der Waals surface area contributed by atoms with Gasteiger partial charge < -0.3 is 4.98 Å². The summed E-state index contributed by atoms with van der Waals surface area (Å²) in [5.41, 5.74) is 2.22. The first-order valence-electron chi connectivity index (χ1n) is 4.29. The van der Waals surface area contributed by atoms with Crippen molar-refractivity contribution in [2.75, 3.05) is 0 Å². The highest BCUT2D eigenvalue weighted by Gasteiger charge is 2.02. The Kier molecular flexibility index (Phi) is 1.96. The molecule has 3 heteroatoms. The number of aromatic amines is 1. The van der Waals surface area contributed by atoms with E-state index in [-0.39, 0.29) is 4.87 Å². The average molecular weight is 193 g/mol. The first kappa shape index (κ1) is 8.51. The molecule has 0 aliphatic heterocycles. The van der Waals surface area contributed by atoms with Crippen molar-refractivity contribution < 1.29 is 0 Å². The molecule has 0 spiro atoms. The Bertz CT molecular complexity index is 481. The van der Waals surface area contributed by atoms with Crippen LogP contribution < -0.4 is 4.87 Å². The molecule has 1 aromatic heterocycles. The molecule has 0 saturated carbocycles. The van der Waals surface area contributed by atoms with Crippen LogP contribution in [0.5, 0.6) is 0 Å². The van der Waals surface area contributed by atoms with Crippen molar-refractivity contribution in [2.45, 2.75) is 19.8 Å². The molecule has 0 amide bonds. The van der Waals surface area contributed by atoms with Crippen molar-refractivity contribution in [1.29, 1.82) is 0 Å². The van der Waals surface area contributed by atoms with Crippen LogP contribution >= 0.6 is 11.3 Å². The summed E-state index contributed by atoms with van der Waals surface area (Å²) in [6.45, 7) is 4.30. The maximum absolute atomic E-state index is 11.0. The standard InChI is InChI=1S/C10H11NOS/c1-6(2)7-3-4-8-9(5-7)13-10(12)11-8/h3-6H,1-2H3,(H,11,12). The molecule has 0 saturated heterocycles. The van der Waals surface area contributed by atoms with Crippen LogP contribution in [0.25, 0.3) is 10.2 Å². The summed E-state index contributed by atoms with van der Waals surface area (Å²) in [4.78, 5) is 13.8. The van der Waals surface area contributed by atoms with Crippen molar-refractivity contribution >= 4 is 21.6 Å². The molecule has 2 aromatic rings. The van der Waals surface area contributed by atoms with E-state index >= 15 is 0 Å². The molecule has 1 aromatic carbocycles. The van der Waals surface area contributed by atoms with Crippen LogP contribution in [-0.2, 0) is 0 Å². The van der Waals surface area contributed by atoms with Crippen molar-refractivity contribution in [3.8, 4) is 0 Å². The summed E-state index contributed by atoms with van der Waals surface area (Å²) in [6, 6.07) is 6.13. The molecule has 2 rings (SSSR count). The predicted octanol–water partition coefficient (Wildman–Crippen LogP) is 2.71. The minimum absolute atomic E-state index is 0.0240. The van der Waals surface area contributed by atoms with Crippen LogP contribution in [-0.4, -0.2) is 4.98 Å². The highest BCUT2D eigenvalue weighted by Crippen LogP contribution is 2.21. The van der Waals surface area contributed by atoms with Gasteiger partial charge in [-0.3, -0.25) is 4.79 Å². The van der Waals surface area contributed by atoms with E-state index in [0.29, 0.717) is 5.92 Å². The van der Waals surface area contributed by atoms with E-state index in [1.54, 1.807) is 0 Å². The Morgan fingerprint density at radius 1 is 1.38 bits per heavy atom. The predicted molar refractivity (Wildman–Crippen MR) is 56.5 cm³/mol. The topological polar surface area (TPSA) is 32.9 Å². The van der Waals surface area contributed by atoms with E-state index in [0.717, 1.165) is 10.2 Å². The number of hydrogen-bond acceptors (Lipinski definition) is 2. The van der Waals surface area contributed by atoms with Crippen LogP contribution in [0.1, 0.15) is 25.3 Å². The van der Waals surface area contributed by atoms with Gasteiger partial charge in [-0.1, -0.05) is 31.3 Å². The Balaban J connectivity index is 2.68. The van der Waals surface area contributed by atoms with Gasteiger partial charge in [0.25, 0.3) is 0 Å². The number of rotatable bonds is 1. The molecule has 0 unspecified atom stereocenters. The highest BCUT2D eigenvalue weighted by atomic mass is 32.1. The fraction of sp³-hybridized carbons (Fsp3) is 0.300. The monoisotopic (exact) mass is 193 g/mol. The van der Waals surface area contributed by atoms with Gasteiger partial charge in [0, 0.05) is 0 Å². The fourth-order valence-corrected chi connectivity index (χ4v) is 2.11. The zero-order valence-electron chi connectivity index (χ0n) is 7.63. The number of benzene rings is 1. The molecule has 0 aliphatic carbocycles. The second-order valence-corrected chi connectivity index (χ2v) is 4.44. The Hall–Kier alpha value is -1.09. The summed E-state index contributed by atoms with van der Waals surface area (Å²) in [5, 5.41) is 0. The molecule has 0 radical (unpaired) electrons. The van der Waals surface area contributed by atoms with Crippen molar-refractivity contribution in [2.24, 2.45) is 0 Å². The molecule has 0 aliphatic rings. The third-order valence-electron chi connectivity index (χ3n) is 2.11. The number of fused-ring (bicyclic) bond motifs is 1. The number of hydrogen-bond donors (Lipinski definition) is 1. The summed E-state index contributed by atoms with van der Waals surface area (Å²) in [7, 11) is 0. The van der Waals surface area contributed by atoms with Crippen LogP contribution in [0.15, 0.2) is 23.0 Å². The SMILES string of the molecule is CC(C)c1ccc2[nH]c(=O)sc2c1. The molecule has 1 heterocycles. The summed E-state index contributed by atoms with van der Waals surface area (Å²) >= 11 is 1.27. The van der Waals surface area contributed by atoms with Crippen LogP contribution in [0.2, 0.25) is 0 Å². The van der Waals surface area contributed by atoms with Gasteiger partial charge in [-0.15, -0.1) is 0 Å². The van der Waals surface area contributed by atoms with Crippen molar-refractivity contribution in [1.82, 2.24) is 4.98 Å². The average Bonchev–Trinajstić information content (AvgIpc) is 2.42. The zero-order valence-corrected chi connectivity index (χ0v) is 8.44. The Labute approximate surface area is 80.2 Å². The first-order chi connectivity index (χ1) is 6.16. The van der Waals surface area contributed by atoms with Gasteiger partial charge >= 0.3 is 4.87 Å². The first-order valence-corrected chi connectivity index (χ1v) is 5.11. The van der Waals surface area contributed by atoms with Crippen molar-refractivity contribution in [3.63, 3.8) is 0 Å². The van der Waals surface area contributed by atoms with Gasteiger partial charge in [0.1, 0.15) is 0 Å². The van der Waals surface area contributed by atoms with Gasteiger partial charge in [0.15, 0.2) is 0 Å². The third-order valence-corrected chi connectivity index (χ3v) is 2.96. The Morgan fingerprint density at radius 2 is 2.15 bits per heavy atom. The Morgan fingerprint density at radius 3 is 2.85 bits per heavy atom. The number of aromatic nitrogens is 1. The fourth-order valence-electron chi connectivity index (χ4n) is 1.32. The van der Waals surface area contributed by atoms with Crippen LogP contribution in [0, 0.1) is 0 Å². The minimum Gasteiger partial charge on any atom is -0.312 e. The van der Waals surface area contributed by atoms with E-state index in [4.69, 9.17) is 0 Å². The summed E-state index contributed by atoms with van der Waals surface area (Å²) < 4.78 is 1.05. The minimum atomic E-state index is 0.0240.